The van der Waals surface area contributed by atoms with E-state index in [1.54, 1.807) is 13.0 Å². The number of ether oxygens (including phenoxy) is 4. The Balaban J connectivity index is 1.69. The molecule has 2 aromatic rings. The summed E-state index contributed by atoms with van der Waals surface area (Å²) in [5.74, 6) is -0.320. The zero-order valence-electron chi connectivity index (χ0n) is 17.2. The average Bonchev–Trinajstić information content (AvgIpc) is 2.76. The first-order valence-corrected chi connectivity index (χ1v) is 10.2. The molecule has 0 unspecified atom stereocenters. The van der Waals surface area contributed by atoms with Crippen LogP contribution in [0.2, 0.25) is 5.02 Å². The number of ketones is 1. The van der Waals surface area contributed by atoms with Crippen LogP contribution in [0.1, 0.15) is 41.0 Å². The van der Waals surface area contributed by atoms with E-state index in [2.05, 4.69) is 5.32 Å². The van der Waals surface area contributed by atoms with Crippen molar-refractivity contribution in [2.24, 2.45) is 0 Å². The molecule has 0 radical (unpaired) electrons. The van der Waals surface area contributed by atoms with E-state index in [0.717, 1.165) is 6.42 Å². The molecule has 0 atom stereocenters. The molecule has 9 heteroatoms. The third-order valence-electron chi connectivity index (χ3n) is 4.26. The Labute approximate surface area is 184 Å². The fraction of sp³-hybridized carbons (Fsp3) is 0.318. The Hall–Kier alpha value is -3.26. The summed E-state index contributed by atoms with van der Waals surface area (Å²) in [7, 11) is 0. The van der Waals surface area contributed by atoms with E-state index in [0.29, 0.717) is 36.1 Å². The van der Waals surface area contributed by atoms with Gasteiger partial charge >= 0.3 is 5.97 Å². The molecule has 0 saturated heterocycles. The predicted octanol–water partition coefficient (Wildman–Crippen LogP) is 3.90. The van der Waals surface area contributed by atoms with Crippen LogP contribution in [-0.4, -0.2) is 44.1 Å². The van der Waals surface area contributed by atoms with E-state index in [4.69, 9.17) is 30.5 Å². The van der Waals surface area contributed by atoms with E-state index in [1.807, 2.05) is 6.92 Å². The number of rotatable bonds is 9. The van der Waals surface area contributed by atoms with Crippen molar-refractivity contribution >= 4 is 34.9 Å². The van der Waals surface area contributed by atoms with Gasteiger partial charge in [0, 0.05) is 5.56 Å². The number of esters is 1. The van der Waals surface area contributed by atoms with Gasteiger partial charge in [-0.05, 0) is 43.7 Å². The molecular weight excluding hydrogens is 426 g/mol. The largest absolute Gasteiger partial charge is 0.490 e. The smallest absolute Gasteiger partial charge is 0.338 e. The zero-order valence-corrected chi connectivity index (χ0v) is 17.9. The van der Waals surface area contributed by atoms with E-state index in [-0.39, 0.29) is 28.7 Å². The highest BCUT2D eigenvalue weighted by Gasteiger charge is 2.20. The molecule has 1 aliphatic heterocycles. The van der Waals surface area contributed by atoms with Gasteiger partial charge in [0.25, 0.3) is 5.91 Å². The van der Waals surface area contributed by atoms with Gasteiger partial charge in [0.2, 0.25) is 0 Å². The number of nitrogens with one attached hydrogen (secondary N) is 1. The summed E-state index contributed by atoms with van der Waals surface area (Å²) in [6.45, 7) is 4.00. The Morgan fingerprint density at radius 3 is 2.68 bits per heavy atom. The molecule has 0 aromatic heterocycles. The molecule has 0 bridgehead atoms. The van der Waals surface area contributed by atoms with Crippen LogP contribution in [0.3, 0.4) is 0 Å². The molecule has 1 aliphatic rings. The number of amides is 1. The van der Waals surface area contributed by atoms with Crippen LogP contribution in [0.4, 0.5) is 5.69 Å². The molecular formula is C22H22ClNO7. The van der Waals surface area contributed by atoms with Gasteiger partial charge in [-0.3, -0.25) is 9.59 Å². The van der Waals surface area contributed by atoms with E-state index < -0.39 is 18.4 Å². The standard InChI is InChI=1S/C22H22ClNO7/c1-3-7-29-21-15(23)8-14(10-19(21)28-4-2)22(27)31-11-17(25)13-5-6-18-16(9-13)24-20(26)12-30-18/h5-6,8-10H,3-4,7,11-12H2,1-2H3,(H,24,26). The lowest BCUT2D eigenvalue weighted by atomic mass is 10.1. The van der Waals surface area contributed by atoms with Crippen LogP contribution >= 0.6 is 11.6 Å². The van der Waals surface area contributed by atoms with Crippen molar-refractivity contribution in [1.82, 2.24) is 0 Å². The Morgan fingerprint density at radius 2 is 1.94 bits per heavy atom. The molecule has 2 aromatic carbocycles. The summed E-state index contributed by atoms with van der Waals surface area (Å²) in [5.41, 5.74) is 0.800. The summed E-state index contributed by atoms with van der Waals surface area (Å²) in [6.07, 6.45) is 0.784. The van der Waals surface area contributed by atoms with Crippen molar-refractivity contribution < 1.29 is 33.3 Å². The van der Waals surface area contributed by atoms with Crippen molar-refractivity contribution in [3.8, 4) is 17.2 Å². The highest BCUT2D eigenvalue weighted by molar-refractivity contribution is 6.32. The molecule has 0 saturated carbocycles. The number of hydrogen-bond donors (Lipinski definition) is 1. The van der Waals surface area contributed by atoms with Crippen LogP contribution < -0.4 is 19.5 Å². The first kappa shape index (κ1) is 22.4. The maximum Gasteiger partial charge on any atom is 0.338 e. The van der Waals surface area contributed by atoms with Gasteiger partial charge in [-0.15, -0.1) is 0 Å². The molecule has 3 rings (SSSR count). The molecule has 1 amide bonds. The van der Waals surface area contributed by atoms with E-state index in [9.17, 15) is 14.4 Å². The second-order valence-corrected chi connectivity index (χ2v) is 7.02. The molecule has 8 nitrogen and oxygen atoms in total. The Bertz CT molecular complexity index is 1010. The Morgan fingerprint density at radius 1 is 1.13 bits per heavy atom. The first-order valence-electron chi connectivity index (χ1n) is 9.79. The second kappa shape index (κ2) is 10.2. The quantitative estimate of drug-likeness (QED) is 0.459. The number of fused-ring (bicyclic) bond motifs is 1. The monoisotopic (exact) mass is 447 g/mol. The molecule has 1 heterocycles. The lowest BCUT2D eigenvalue weighted by Crippen LogP contribution is -2.25. The fourth-order valence-electron chi connectivity index (χ4n) is 2.85. The van der Waals surface area contributed by atoms with Gasteiger partial charge in [0.05, 0.1) is 29.5 Å². The molecule has 0 aliphatic carbocycles. The predicted molar refractivity (Wildman–Crippen MR) is 114 cm³/mol. The second-order valence-electron chi connectivity index (χ2n) is 6.61. The normalized spacial score (nSPS) is 12.3. The minimum atomic E-state index is -0.729. The van der Waals surface area contributed by atoms with Crippen LogP contribution in [-0.2, 0) is 9.53 Å². The van der Waals surface area contributed by atoms with Gasteiger partial charge in [0.15, 0.2) is 30.5 Å². The van der Waals surface area contributed by atoms with Gasteiger partial charge in [-0.25, -0.2) is 4.79 Å². The SMILES string of the molecule is CCCOc1c(Cl)cc(C(=O)OCC(=O)c2ccc3c(c2)NC(=O)CO3)cc1OCC. The number of anilines is 1. The number of benzene rings is 2. The number of Topliss-reactive ketones (excluding diaryl/α,β-unsaturated/α-hetero) is 1. The van der Waals surface area contributed by atoms with Crippen molar-refractivity contribution in [2.45, 2.75) is 20.3 Å². The zero-order chi connectivity index (χ0) is 22.4. The highest BCUT2D eigenvalue weighted by atomic mass is 35.5. The van der Waals surface area contributed by atoms with Crippen molar-refractivity contribution in [2.75, 3.05) is 31.7 Å². The number of hydrogen-bond acceptors (Lipinski definition) is 7. The minimum Gasteiger partial charge on any atom is -0.490 e. The number of halogens is 1. The van der Waals surface area contributed by atoms with Gasteiger partial charge < -0.3 is 24.3 Å². The van der Waals surface area contributed by atoms with Gasteiger partial charge in [-0.2, -0.15) is 0 Å². The lowest BCUT2D eigenvalue weighted by molar-refractivity contribution is -0.118. The van der Waals surface area contributed by atoms with Crippen molar-refractivity contribution in [3.05, 3.63) is 46.5 Å². The third-order valence-corrected chi connectivity index (χ3v) is 4.55. The summed E-state index contributed by atoms with van der Waals surface area (Å²) in [4.78, 5) is 36.4. The third kappa shape index (κ3) is 5.46. The maximum atomic E-state index is 12.5. The van der Waals surface area contributed by atoms with Crippen LogP contribution in [0.15, 0.2) is 30.3 Å². The molecule has 0 spiro atoms. The first-order chi connectivity index (χ1) is 14.9. The number of carbonyl (C=O) groups is 3. The van der Waals surface area contributed by atoms with E-state index in [1.165, 1.54) is 24.3 Å². The topological polar surface area (TPSA) is 100 Å². The highest BCUT2D eigenvalue weighted by Crippen LogP contribution is 2.37. The molecule has 164 valence electrons. The van der Waals surface area contributed by atoms with Crippen LogP contribution in [0, 0.1) is 0 Å². The minimum absolute atomic E-state index is 0.0769. The lowest BCUT2D eigenvalue weighted by Gasteiger charge is -2.18. The average molecular weight is 448 g/mol. The summed E-state index contributed by atoms with van der Waals surface area (Å²) in [6, 6.07) is 7.47. The van der Waals surface area contributed by atoms with Gasteiger partial charge in [0.1, 0.15) is 5.75 Å². The van der Waals surface area contributed by atoms with Gasteiger partial charge in [-0.1, -0.05) is 18.5 Å². The molecule has 0 fully saturated rings. The van der Waals surface area contributed by atoms with Crippen LogP contribution in [0.5, 0.6) is 17.2 Å². The summed E-state index contributed by atoms with van der Waals surface area (Å²) < 4.78 is 21.6. The fourth-order valence-corrected chi connectivity index (χ4v) is 3.11. The summed E-state index contributed by atoms with van der Waals surface area (Å²) >= 11 is 6.26. The summed E-state index contributed by atoms with van der Waals surface area (Å²) in [5, 5.41) is 2.84. The van der Waals surface area contributed by atoms with Crippen molar-refractivity contribution in [3.63, 3.8) is 0 Å². The molecule has 1 N–H and O–H groups in total. The van der Waals surface area contributed by atoms with E-state index >= 15 is 0 Å². The Kier molecular flexibility index (Phi) is 7.36. The van der Waals surface area contributed by atoms with Crippen molar-refractivity contribution in [1.29, 1.82) is 0 Å². The maximum absolute atomic E-state index is 12.5. The molecule has 31 heavy (non-hydrogen) atoms. The number of carbonyl (C=O) groups excluding carboxylic acids is 3. The van der Waals surface area contributed by atoms with Crippen LogP contribution in [0.25, 0.3) is 0 Å².